The monoisotopic (exact) mass is 346 g/mol. The van der Waals surface area contributed by atoms with Crippen LogP contribution in [-0.4, -0.2) is 64.7 Å². The highest BCUT2D eigenvalue weighted by Gasteiger charge is 2.28. The summed E-state index contributed by atoms with van der Waals surface area (Å²) >= 11 is 0. The molecule has 0 aromatic carbocycles. The largest absolute Gasteiger partial charge is 0.480 e. The predicted molar refractivity (Wildman–Crippen MR) is 84.7 cm³/mol. The fourth-order valence-electron chi connectivity index (χ4n) is 1.71. The summed E-state index contributed by atoms with van der Waals surface area (Å²) in [6.45, 7) is 5.48. The van der Waals surface area contributed by atoms with E-state index in [1.165, 1.54) is 13.8 Å². The molecule has 0 aromatic rings. The molecule has 4 unspecified atom stereocenters. The van der Waals surface area contributed by atoms with Gasteiger partial charge in [0.2, 0.25) is 17.7 Å². The summed E-state index contributed by atoms with van der Waals surface area (Å²) < 4.78 is 0. The van der Waals surface area contributed by atoms with Gasteiger partial charge in [0.15, 0.2) is 0 Å². The fourth-order valence-corrected chi connectivity index (χ4v) is 1.71. The van der Waals surface area contributed by atoms with Gasteiger partial charge < -0.3 is 31.9 Å². The first kappa shape index (κ1) is 21.8. The maximum absolute atomic E-state index is 12.0. The van der Waals surface area contributed by atoms with E-state index in [-0.39, 0.29) is 5.92 Å². The SMILES string of the molecule is CC(N)C(=O)NC(C(=O)NCC(=O)NC(C(=O)O)C(C)C)C(C)O. The molecule has 0 fully saturated rings. The van der Waals surface area contributed by atoms with E-state index in [0.29, 0.717) is 0 Å². The van der Waals surface area contributed by atoms with Crippen molar-refractivity contribution in [3.63, 3.8) is 0 Å². The lowest BCUT2D eigenvalue weighted by atomic mass is 10.0. The van der Waals surface area contributed by atoms with Gasteiger partial charge in [-0.3, -0.25) is 14.4 Å². The van der Waals surface area contributed by atoms with Crippen LogP contribution in [-0.2, 0) is 19.2 Å². The van der Waals surface area contributed by atoms with Gasteiger partial charge in [0, 0.05) is 0 Å². The van der Waals surface area contributed by atoms with Gasteiger partial charge >= 0.3 is 5.97 Å². The average molecular weight is 346 g/mol. The van der Waals surface area contributed by atoms with Crippen molar-refractivity contribution in [1.29, 1.82) is 0 Å². The molecule has 3 amide bonds. The number of aliphatic hydroxyl groups excluding tert-OH is 1. The maximum Gasteiger partial charge on any atom is 0.326 e. The Bertz CT molecular complexity index is 478. The van der Waals surface area contributed by atoms with Crippen LogP contribution < -0.4 is 21.7 Å². The molecule has 138 valence electrons. The number of rotatable bonds is 9. The number of carbonyl (C=O) groups excluding carboxylic acids is 3. The number of aliphatic carboxylic acids is 1. The third kappa shape index (κ3) is 7.38. The van der Waals surface area contributed by atoms with Crippen LogP contribution in [0.4, 0.5) is 0 Å². The highest BCUT2D eigenvalue weighted by atomic mass is 16.4. The Morgan fingerprint density at radius 3 is 1.88 bits per heavy atom. The smallest absolute Gasteiger partial charge is 0.326 e. The van der Waals surface area contributed by atoms with Crippen LogP contribution >= 0.6 is 0 Å². The van der Waals surface area contributed by atoms with Crippen LogP contribution in [0, 0.1) is 5.92 Å². The summed E-state index contributed by atoms with van der Waals surface area (Å²) in [5, 5.41) is 25.3. The molecule has 0 saturated heterocycles. The first-order valence-corrected chi connectivity index (χ1v) is 7.51. The van der Waals surface area contributed by atoms with Crippen molar-refractivity contribution in [2.75, 3.05) is 6.54 Å². The van der Waals surface area contributed by atoms with Crippen LogP contribution in [0.3, 0.4) is 0 Å². The zero-order chi connectivity index (χ0) is 19.0. The second-order valence-electron chi connectivity index (χ2n) is 5.86. The number of amides is 3. The molecule has 0 radical (unpaired) electrons. The molecule has 10 heteroatoms. The first-order valence-electron chi connectivity index (χ1n) is 7.51. The Hall–Kier alpha value is -2.20. The van der Waals surface area contributed by atoms with Crippen molar-refractivity contribution in [2.45, 2.75) is 51.9 Å². The normalized spacial score (nSPS) is 15.8. The second-order valence-corrected chi connectivity index (χ2v) is 5.86. The van der Waals surface area contributed by atoms with Gasteiger partial charge in [-0.05, 0) is 19.8 Å². The summed E-state index contributed by atoms with van der Waals surface area (Å²) in [6.07, 6.45) is -1.21. The minimum Gasteiger partial charge on any atom is -0.480 e. The zero-order valence-corrected chi connectivity index (χ0v) is 14.2. The van der Waals surface area contributed by atoms with E-state index in [2.05, 4.69) is 16.0 Å². The molecular formula is C14H26N4O6. The highest BCUT2D eigenvalue weighted by molar-refractivity contribution is 5.92. The summed E-state index contributed by atoms with van der Waals surface area (Å²) in [5.74, 6) is -3.64. The molecule has 0 aromatic heterocycles. The van der Waals surface area contributed by atoms with E-state index >= 15 is 0 Å². The Labute approximate surface area is 140 Å². The summed E-state index contributed by atoms with van der Waals surface area (Å²) in [6, 6.07) is -3.24. The molecule has 7 N–H and O–H groups in total. The van der Waals surface area contributed by atoms with Crippen LogP contribution in [0.5, 0.6) is 0 Å². The number of carboxylic acids is 1. The molecule has 0 saturated carbocycles. The number of carbonyl (C=O) groups is 4. The van der Waals surface area contributed by atoms with Gasteiger partial charge in [-0.1, -0.05) is 13.8 Å². The predicted octanol–water partition coefficient (Wildman–Crippen LogP) is -2.46. The Balaban J connectivity index is 4.64. The minimum absolute atomic E-state index is 0.335. The highest BCUT2D eigenvalue weighted by Crippen LogP contribution is 2.01. The lowest BCUT2D eigenvalue weighted by Gasteiger charge is -2.22. The third-order valence-corrected chi connectivity index (χ3v) is 3.15. The van der Waals surface area contributed by atoms with Crippen molar-refractivity contribution in [1.82, 2.24) is 16.0 Å². The number of carboxylic acid groups (broad SMARTS) is 1. The van der Waals surface area contributed by atoms with Crippen LogP contribution in [0.25, 0.3) is 0 Å². The number of nitrogens with one attached hydrogen (secondary N) is 3. The van der Waals surface area contributed by atoms with Crippen molar-refractivity contribution < 1.29 is 29.4 Å². The zero-order valence-electron chi connectivity index (χ0n) is 14.2. The minimum atomic E-state index is -1.28. The lowest BCUT2D eigenvalue weighted by Crippen LogP contribution is -2.56. The van der Waals surface area contributed by atoms with E-state index in [1.54, 1.807) is 13.8 Å². The van der Waals surface area contributed by atoms with Crippen LogP contribution in [0.15, 0.2) is 0 Å². The Morgan fingerprint density at radius 1 is 0.958 bits per heavy atom. The van der Waals surface area contributed by atoms with Crippen LogP contribution in [0.1, 0.15) is 27.7 Å². The molecule has 4 atom stereocenters. The van der Waals surface area contributed by atoms with E-state index in [9.17, 15) is 24.3 Å². The molecule has 0 heterocycles. The quantitative estimate of drug-likeness (QED) is 0.269. The average Bonchev–Trinajstić information content (AvgIpc) is 2.46. The third-order valence-electron chi connectivity index (χ3n) is 3.15. The number of nitrogens with two attached hydrogens (primary N) is 1. The first-order chi connectivity index (χ1) is 11.0. The van der Waals surface area contributed by atoms with Crippen molar-refractivity contribution >= 4 is 23.7 Å². The van der Waals surface area contributed by atoms with Gasteiger partial charge in [0.1, 0.15) is 12.1 Å². The number of hydrogen-bond donors (Lipinski definition) is 6. The fraction of sp³-hybridized carbons (Fsp3) is 0.714. The standard InChI is InChI=1S/C14H26N4O6/c1-6(2)10(14(23)24)17-9(20)5-16-13(22)11(8(4)19)18-12(21)7(3)15/h6-8,10-11,19H,5,15H2,1-4H3,(H,16,22)(H,17,20)(H,18,21)(H,23,24). The summed E-state index contributed by atoms with van der Waals surface area (Å²) in [7, 11) is 0. The lowest BCUT2D eigenvalue weighted by molar-refractivity contribution is -0.143. The van der Waals surface area contributed by atoms with Gasteiger partial charge in [-0.25, -0.2) is 4.79 Å². The topological polar surface area (TPSA) is 171 Å². The van der Waals surface area contributed by atoms with E-state index in [0.717, 1.165) is 0 Å². The molecule has 0 aliphatic heterocycles. The Kier molecular flexibility index (Phi) is 8.93. The second kappa shape index (κ2) is 9.83. The molecule has 0 spiro atoms. The number of hydrogen-bond acceptors (Lipinski definition) is 6. The molecule has 0 bridgehead atoms. The van der Waals surface area contributed by atoms with Gasteiger partial charge in [-0.15, -0.1) is 0 Å². The molecule has 0 aliphatic rings. The van der Waals surface area contributed by atoms with Crippen molar-refractivity contribution in [3.8, 4) is 0 Å². The van der Waals surface area contributed by atoms with Gasteiger partial charge in [0.25, 0.3) is 0 Å². The van der Waals surface area contributed by atoms with Gasteiger partial charge in [0.05, 0.1) is 18.7 Å². The van der Waals surface area contributed by atoms with Crippen molar-refractivity contribution in [2.24, 2.45) is 11.7 Å². The molecule has 10 nitrogen and oxygen atoms in total. The summed E-state index contributed by atoms with van der Waals surface area (Å²) in [5.41, 5.74) is 5.37. The molecule has 0 aliphatic carbocycles. The number of aliphatic hydroxyl groups is 1. The molecule has 0 rings (SSSR count). The Morgan fingerprint density at radius 2 is 1.50 bits per heavy atom. The molecule has 24 heavy (non-hydrogen) atoms. The van der Waals surface area contributed by atoms with E-state index < -0.39 is 54.5 Å². The van der Waals surface area contributed by atoms with Gasteiger partial charge in [-0.2, -0.15) is 0 Å². The summed E-state index contributed by atoms with van der Waals surface area (Å²) in [4.78, 5) is 46.2. The molecular weight excluding hydrogens is 320 g/mol. The van der Waals surface area contributed by atoms with E-state index in [4.69, 9.17) is 10.8 Å². The maximum atomic E-state index is 12.0. The van der Waals surface area contributed by atoms with Crippen LogP contribution in [0.2, 0.25) is 0 Å². The van der Waals surface area contributed by atoms with E-state index in [1.807, 2.05) is 0 Å². The van der Waals surface area contributed by atoms with Crippen molar-refractivity contribution in [3.05, 3.63) is 0 Å².